The van der Waals surface area contributed by atoms with Crippen molar-refractivity contribution < 1.29 is 9.53 Å². The second-order valence-corrected chi connectivity index (χ2v) is 7.34. The fourth-order valence-corrected chi connectivity index (χ4v) is 3.65. The number of pyridine rings is 1. The zero-order chi connectivity index (χ0) is 20.5. The van der Waals surface area contributed by atoms with Crippen LogP contribution in [0.1, 0.15) is 21.5 Å². The summed E-state index contributed by atoms with van der Waals surface area (Å²) in [5.74, 6) is 0.587. The van der Waals surface area contributed by atoms with Crippen LogP contribution in [0.5, 0.6) is 5.75 Å². The van der Waals surface area contributed by atoms with Crippen LogP contribution in [0.2, 0.25) is 0 Å². The lowest BCUT2D eigenvalue weighted by Gasteiger charge is -2.20. The summed E-state index contributed by atoms with van der Waals surface area (Å²) in [6.07, 6.45) is 7.33. The Labute approximate surface area is 174 Å². The van der Waals surface area contributed by atoms with Crippen LogP contribution in [-0.4, -0.2) is 20.4 Å². The van der Waals surface area contributed by atoms with Crippen molar-refractivity contribution in [2.24, 2.45) is 7.05 Å². The Hall–Kier alpha value is -3.93. The van der Waals surface area contributed by atoms with Gasteiger partial charge < -0.3 is 14.6 Å². The molecule has 4 aromatic rings. The summed E-state index contributed by atoms with van der Waals surface area (Å²) < 4.78 is 7.75. The minimum Gasteiger partial charge on any atom is -0.488 e. The number of aromatic nitrogens is 3. The molecule has 0 unspecified atom stereocenters. The Bertz CT molecular complexity index is 1250. The van der Waals surface area contributed by atoms with Gasteiger partial charge in [-0.25, -0.2) is 4.98 Å². The lowest BCUT2D eigenvalue weighted by Crippen LogP contribution is -2.23. The Morgan fingerprint density at radius 3 is 2.97 bits per heavy atom. The number of imidazole rings is 1. The van der Waals surface area contributed by atoms with Crippen LogP contribution in [0.25, 0.3) is 22.4 Å². The summed E-state index contributed by atoms with van der Waals surface area (Å²) in [6.45, 7) is 0.896. The summed E-state index contributed by atoms with van der Waals surface area (Å²) in [5, 5.41) is 2.99. The maximum Gasteiger partial charge on any atom is 0.251 e. The van der Waals surface area contributed by atoms with Crippen molar-refractivity contribution in [2.75, 3.05) is 0 Å². The number of benzene rings is 2. The number of ether oxygens (including phenoxy) is 1. The first kappa shape index (κ1) is 18.1. The van der Waals surface area contributed by atoms with Crippen molar-refractivity contribution in [2.45, 2.75) is 13.2 Å². The molecule has 2 aromatic heterocycles. The van der Waals surface area contributed by atoms with Crippen LogP contribution in [-0.2, 0) is 20.2 Å². The van der Waals surface area contributed by atoms with Gasteiger partial charge >= 0.3 is 0 Å². The second kappa shape index (κ2) is 7.48. The standard InChI is InChI=1S/C24H20N4O2/c1-28-13-22(27-15-28)17-4-2-3-16(9-17)11-26-24(29)18-5-6-21-20-7-8-25-12-19(20)14-30-23(21)10-18/h2-10,12-13,15H,11,14H2,1H3,(H,26,29). The average molecular weight is 396 g/mol. The van der Waals surface area contributed by atoms with E-state index in [1.54, 1.807) is 18.6 Å². The minimum atomic E-state index is -0.134. The van der Waals surface area contributed by atoms with Gasteiger partial charge in [0, 0.05) is 54.4 Å². The molecule has 0 spiro atoms. The predicted molar refractivity (Wildman–Crippen MR) is 114 cm³/mol. The van der Waals surface area contributed by atoms with E-state index in [0.29, 0.717) is 18.7 Å². The lowest BCUT2D eigenvalue weighted by molar-refractivity contribution is 0.0950. The Morgan fingerprint density at radius 2 is 2.10 bits per heavy atom. The van der Waals surface area contributed by atoms with Crippen molar-refractivity contribution in [3.05, 3.63) is 90.1 Å². The molecule has 6 nitrogen and oxygen atoms in total. The molecule has 1 amide bonds. The summed E-state index contributed by atoms with van der Waals surface area (Å²) in [4.78, 5) is 21.2. The van der Waals surface area contributed by atoms with Gasteiger partial charge in [0.1, 0.15) is 12.4 Å². The molecular weight excluding hydrogens is 376 g/mol. The Morgan fingerprint density at radius 1 is 1.17 bits per heavy atom. The Kier molecular flexibility index (Phi) is 4.52. The highest BCUT2D eigenvalue weighted by molar-refractivity contribution is 5.95. The summed E-state index contributed by atoms with van der Waals surface area (Å²) in [6, 6.07) is 15.6. The Balaban J connectivity index is 1.31. The van der Waals surface area contributed by atoms with Gasteiger partial charge in [0.15, 0.2) is 0 Å². The van der Waals surface area contributed by atoms with Gasteiger partial charge in [-0.2, -0.15) is 0 Å². The van der Waals surface area contributed by atoms with Crippen LogP contribution in [0.15, 0.2) is 73.4 Å². The average Bonchev–Trinajstić information content (AvgIpc) is 3.23. The number of aryl methyl sites for hydroxylation is 1. The zero-order valence-corrected chi connectivity index (χ0v) is 16.5. The highest BCUT2D eigenvalue weighted by atomic mass is 16.5. The molecule has 2 aromatic carbocycles. The van der Waals surface area contributed by atoms with Crippen molar-refractivity contribution in [1.82, 2.24) is 19.9 Å². The molecule has 0 fully saturated rings. The fraction of sp³-hybridized carbons (Fsp3) is 0.125. The van der Waals surface area contributed by atoms with E-state index >= 15 is 0 Å². The molecule has 1 N–H and O–H groups in total. The number of carbonyl (C=O) groups excluding carboxylic acids is 1. The number of fused-ring (bicyclic) bond motifs is 3. The quantitative estimate of drug-likeness (QED) is 0.567. The van der Waals surface area contributed by atoms with Crippen molar-refractivity contribution in [1.29, 1.82) is 0 Å². The van der Waals surface area contributed by atoms with Gasteiger partial charge in [0.25, 0.3) is 5.91 Å². The summed E-state index contributed by atoms with van der Waals surface area (Å²) >= 11 is 0. The number of carbonyl (C=O) groups is 1. The number of hydrogen-bond donors (Lipinski definition) is 1. The largest absolute Gasteiger partial charge is 0.488 e. The molecule has 6 heteroatoms. The molecule has 0 atom stereocenters. The molecule has 148 valence electrons. The monoisotopic (exact) mass is 396 g/mol. The van der Waals surface area contributed by atoms with Gasteiger partial charge in [-0.1, -0.05) is 18.2 Å². The molecule has 0 radical (unpaired) electrons. The second-order valence-electron chi connectivity index (χ2n) is 7.34. The van der Waals surface area contributed by atoms with E-state index in [2.05, 4.69) is 15.3 Å². The van der Waals surface area contributed by atoms with Crippen LogP contribution in [0, 0.1) is 0 Å². The van der Waals surface area contributed by atoms with E-state index in [-0.39, 0.29) is 5.91 Å². The van der Waals surface area contributed by atoms with Crippen LogP contribution in [0.3, 0.4) is 0 Å². The number of nitrogens with zero attached hydrogens (tertiary/aromatic N) is 3. The topological polar surface area (TPSA) is 69.0 Å². The van der Waals surface area contributed by atoms with Crippen molar-refractivity contribution in [3.8, 4) is 28.1 Å². The van der Waals surface area contributed by atoms with Crippen molar-refractivity contribution in [3.63, 3.8) is 0 Å². The van der Waals surface area contributed by atoms with Crippen LogP contribution >= 0.6 is 0 Å². The fourth-order valence-electron chi connectivity index (χ4n) is 3.65. The smallest absolute Gasteiger partial charge is 0.251 e. The first-order chi connectivity index (χ1) is 14.7. The molecule has 0 saturated heterocycles. The van der Waals surface area contributed by atoms with E-state index in [0.717, 1.165) is 39.3 Å². The summed E-state index contributed by atoms with van der Waals surface area (Å²) in [7, 11) is 1.94. The number of rotatable bonds is 4. The van der Waals surface area contributed by atoms with Gasteiger partial charge in [0.2, 0.25) is 0 Å². The third-order valence-corrected chi connectivity index (χ3v) is 5.20. The van der Waals surface area contributed by atoms with Gasteiger partial charge in [-0.15, -0.1) is 0 Å². The minimum absolute atomic E-state index is 0.134. The van der Waals surface area contributed by atoms with E-state index in [9.17, 15) is 4.79 Å². The zero-order valence-electron chi connectivity index (χ0n) is 16.5. The molecular formula is C24H20N4O2. The highest BCUT2D eigenvalue weighted by Gasteiger charge is 2.19. The van der Waals surface area contributed by atoms with E-state index in [1.165, 1.54) is 0 Å². The SMILES string of the molecule is Cn1cnc(-c2cccc(CNC(=O)c3ccc4c(c3)OCc3cnccc3-4)c2)c1. The summed E-state index contributed by atoms with van der Waals surface area (Å²) in [5.41, 5.74) is 6.66. The number of amides is 1. The van der Waals surface area contributed by atoms with Gasteiger partial charge in [-0.05, 0) is 41.5 Å². The molecule has 0 saturated carbocycles. The third kappa shape index (κ3) is 3.43. The normalized spacial score (nSPS) is 11.9. The van der Waals surface area contributed by atoms with Gasteiger partial charge in [-0.3, -0.25) is 9.78 Å². The number of hydrogen-bond acceptors (Lipinski definition) is 4. The van der Waals surface area contributed by atoms with Crippen LogP contribution < -0.4 is 10.1 Å². The third-order valence-electron chi connectivity index (χ3n) is 5.20. The molecule has 1 aliphatic rings. The molecule has 1 aliphatic heterocycles. The van der Waals surface area contributed by atoms with Gasteiger partial charge in [0.05, 0.1) is 12.0 Å². The molecule has 5 rings (SSSR count). The maximum absolute atomic E-state index is 12.7. The van der Waals surface area contributed by atoms with Crippen molar-refractivity contribution >= 4 is 5.91 Å². The van der Waals surface area contributed by atoms with E-state index < -0.39 is 0 Å². The molecule has 0 aliphatic carbocycles. The lowest BCUT2D eigenvalue weighted by atomic mass is 9.97. The molecule has 30 heavy (non-hydrogen) atoms. The molecule has 3 heterocycles. The van der Waals surface area contributed by atoms with E-state index in [4.69, 9.17) is 4.74 Å². The van der Waals surface area contributed by atoms with Crippen LogP contribution in [0.4, 0.5) is 0 Å². The highest BCUT2D eigenvalue weighted by Crippen LogP contribution is 2.37. The molecule has 0 bridgehead atoms. The first-order valence-electron chi connectivity index (χ1n) is 9.73. The number of nitrogens with one attached hydrogen (secondary N) is 1. The van der Waals surface area contributed by atoms with E-state index in [1.807, 2.05) is 66.5 Å². The maximum atomic E-state index is 12.7. The predicted octanol–water partition coefficient (Wildman–Crippen LogP) is 3.97. The first-order valence-corrected chi connectivity index (χ1v) is 9.73.